The molecule has 1 aliphatic heterocycles. The molecule has 0 fully saturated rings. The van der Waals surface area contributed by atoms with Crippen LogP contribution in [0.5, 0.6) is 0 Å². The van der Waals surface area contributed by atoms with Crippen LogP contribution in [0.1, 0.15) is 12.6 Å². The smallest absolute Gasteiger partial charge is 0.0951 e. The Kier molecular flexibility index (Phi) is 6.85. The molecule has 0 saturated carbocycles. The molecule has 206 valence electrons. The average Bonchev–Trinajstić information content (AvgIpc) is 3.09. The van der Waals surface area contributed by atoms with Crippen LogP contribution in [0.25, 0.3) is 56.2 Å². The van der Waals surface area contributed by atoms with Crippen LogP contribution in [0, 0.1) is 0 Å². The van der Waals surface area contributed by atoms with Crippen LogP contribution in [-0.2, 0) is 5.54 Å². The fraction of sp³-hybridized carbons (Fsp3) is 0.0541. The van der Waals surface area contributed by atoms with E-state index in [2.05, 4.69) is 70.7 Å². The molecular weight excluding hydrogens is 528 g/mol. The van der Waals surface area contributed by atoms with Gasteiger partial charge in [-0.1, -0.05) is 42.5 Å². The second-order valence-electron chi connectivity index (χ2n) is 10.6. The van der Waals surface area contributed by atoms with Gasteiger partial charge in [-0.25, -0.2) is 4.98 Å². The molecule has 0 saturated heterocycles. The summed E-state index contributed by atoms with van der Waals surface area (Å²) < 4.78 is 0. The molecule has 1 unspecified atom stereocenters. The maximum absolute atomic E-state index is 4.85. The molecule has 1 aromatic carbocycles. The lowest BCUT2D eigenvalue weighted by molar-refractivity contribution is 0.508. The topological polar surface area (TPSA) is 76.5 Å². The number of dihydropyridines is 1. The zero-order chi connectivity index (χ0) is 29.1. The molecule has 0 aliphatic carbocycles. The SMILES string of the molecule is CC1(c2ccc(-c3cc(-c4cccnc4)cc(-c4ccc(-c5cccc(-c6ccccn6)n5)nc4)c3)cn2)C=CC=CN1. The summed E-state index contributed by atoms with van der Waals surface area (Å²) in [6, 6.07) is 30.7. The van der Waals surface area contributed by atoms with Crippen molar-refractivity contribution < 1.29 is 0 Å². The molecule has 6 heterocycles. The van der Waals surface area contributed by atoms with E-state index in [4.69, 9.17) is 15.0 Å². The Morgan fingerprint density at radius 3 is 1.81 bits per heavy atom. The highest BCUT2D eigenvalue weighted by atomic mass is 15.0. The van der Waals surface area contributed by atoms with Gasteiger partial charge in [-0.2, -0.15) is 0 Å². The van der Waals surface area contributed by atoms with Crippen molar-refractivity contribution in [2.24, 2.45) is 0 Å². The molecule has 1 atom stereocenters. The van der Waals surface area contributed by atoms with Crippen molar-refractivity contribution in [2.45, 2.75) is 12.5 Å². The third-order valence-electron chi connectivity index (χ3n) is 7.61. The van der Waals surface area contributed by atoms with Crippen molar-refractivity contribution in [2.75, 3.05) is 0 Å². The van der Waals surface area contributed by atoms with Crippen molar-refractivity contribution in [3.8, 4) is 56.2 Å². The molecule has 5 aromatic heterocycles. The Labute approximate surface area is 250 Å². The third-order valence-corrected chi connectivity index (χ3v) is 7.61. The summed E-state index contributed by atoms with van der Waals surface area (Å²) in [4.78, 5) is 23.3. The fourth-order valence-electron chi connectivity index (χ4n) is 5.22. The van der Waals surface area contributed by atoms with Crippen LogP contribution in [0.4, 0.5) is 0 Å². The lowest BCUT2D eigenvalue weighted by Crippen LogP contribution is -2.35. The molecular formula is C37H28N6. The second-order valence-corrected chi connectivity index (χ2v) is 10.6. The van der Waals surface area contributed by atoms with Gasteiger partial charge in [0.05, 0.1) is 34.0 Å². The van der Waals surface area contributed by atoms with Gasteiger partial charge in [0.2, 0.25) is 0 Å². The number of nitrogens with one attached hydrogen (secondary N) is 1. The predicted molar refractivity (Wildman–Crippen MR) is 171 cm³/mol. The molecule has 1 aliphatic rings. The average molecular weight is 557 g/mol. The predicted octanol–water partition coefficient (Wildman–Crippen LogP) is 7.88. The van der Waals surface area contributed by atoms with Crippen molar-refractivity contribution in [3.63, 3.8) is 0 Å². The number of hydrogen-bond donors (Lipinski definition) is 1. The number of allylic oxidation sites excluding steroid dienone is 2. The number of aromatic nitrogens is 5. The molecule has 6 aromatic rings. The zero-order valence-electron chi connectivity index (χ0n) is 23.6. The zero-order valence-corrected chi connectivity index (χ0v) is 23.6. The van der Waals surface area contributed by atoms with E-state index < -0.39 is 0 Å². The maximum atomic E-state index is 4.85. The number of rotatable bonds is 6. The Hall–Kier alpha value is -5.75. The summed E-state index contributed by atoms with van der Waals surface area (Å²) in [6.45, 7) is 2.12. The molecule has 7 rings (SSSR count). The van der Waals surface area contributed by atoms with E-state index in [0.29, 0.717) is 0 Å². The quantitative estimate of drug-likeness (QED) is 0.225. The minimum Gasteiger partial charge on any atom is -0.377 e. The van der Waals surface area contributed by atoms with Crippen molar-refractivity contribution in [3.05, 3.63) is 152 Å². The lowest BCUT2D eigenvalue weighted by atomic mass is 9.92. The standard InChI is InChI=1S/C37H28N6/c1-37(16-3-5-19-42-37)36-15-13-28(25-41-36)31-21-29(26-8-7-17-38-23-26)20-30(22-31)27-12-14-33(40-24-27)35-11-6-10-34(43-35)32-9-2-4-18-39-32/h2-25,42H,1H3. The Morgan fingerprint density at radius 2 is 1.23 bits per heavy atom. The minimum atomic E-state index is -0.338. The summed E-state index contributed by atoms with van der Waals surface area (Å²) in [5, 5.41) is 3.41. The van der Waals surface area contributed by atoms with Crippen LogP contribution in [0.2, 0.25) is 0 Å². The van der Waals surface area contributed by atoms with Gasteiger partial charge in [-0.05, 0) is 96.6 Å². The molecule has 6 nitrogen and oxygen atoms in total. The van der Waals surface area contributed by atoms with Gasteiger partial charge in [-0.3, -0.25) is 19.9 Å². The first-order chi connectivity index (χ1) is 21.1. The van der Waals surface area contributed by atoms with E-state index in [9.17, 15) is 0 Å². The lowest BCUT2D eigenvalue weighted by Gasteiger charge is -2.28. The van der Waals surface area contributed by atoms with Gasteiger partial charge in [0.25, 0.3) is 0 Å². The fourth-order valence-corrected chi connectivity index (χ4v) is 5.22. The van der Waals surface area contributed by atoms with Crippen molar-refractivity contribution in [1.82, 2.24) is 30.2 Å². The Balaban J connectivity index is 1.24. The maximum Gasteiger partial charge on any atom is 0.0951 e. The Bertz CT molecular complexity index is 1930. The van der Waals surface area contributed by atoms with E-state index >= 15 is 0 Å². The van der Waals surface area contributed by atoms with Crippen LogP contribution in [-0.4, -0.2) is 24.9 Å². The molecule has 0 amide bonds. The van der Waals surface area contributed by atoms with Crippen LogP contribution in [0.15, 0.2) is 146 Å². The monoisotopic (exact) mass is 556 g/mol. The van der Waals surface area contributed by atoms with Gasteiger partial charge < -0.3 is 5.32 Å². The highest BCUT2D eigenvalue weighted by molar-refractivity contribution is 5.81. The number of pyridine rings is 5. The van der Waals surface area contributed by atoms with Gasteiger partial charge >= 0.3 is 0 Å². The van der Waals surface area contributed by atoms with Crippen LogP contribution in [0.3, 0.4) is 0 Å². The number of hydrogen-bond acceptors (Lipinski definition) is 6. The van der Waals surface area contributed by atoms with E-state index in [1.165, 1.54) is 0 Å². The van der Waals surface area contributed by atoms with E-state index in [-0.39, 0.29) is 5.54 Å². The first-order valence-electron chi connectivity index (χ1n) is 14.1. The normalized spacial score (nSPS) is 15.7. The van der Waals surface area contributed by atoms with Gasteiger partial charge in [-0.15, -0.1) is 0 Å². The highest BCUT2D eigenvalue weighted by Gasteiger charge is 2.24. The summed E-state index contributed by atoms with van der Waals surface area (Å²) in [5.74, 6) is 0. The second kappa shape index (κ2) is 11.3. The van der Waals surface area contributed by atoms with Gasteiger partial charge in [0.15, 0.2) is 0 Å². The molecule has 0 spiro atoms. The first kappa shape index (κ1) is 26.2. The van der Waals surface area contributed by atoms with Crippen LogP contribution >= 0.6 is 0 Å². The first-order valence-corrected chi connectivity index (χ1v) is 14.1. The molecule has 0 bridgehead atoms. The largest absolute Gasteiger partial charge is 0.377 e. The molecule has 43 heavy (non-hydrogen) atoms. The summed E-state index contributed by atoms with van der Waals surface area (Å²) in [7, 11) is 0. The highest BCUT2D eigenvalue weighted by Crippen LogP contribution is 2.34. The van der Waals surface area contributed by atoms with Crippen LogP contribution < -0.4 is 5.32 Å². The molecule has 0 radical (unpaired) electrons. The van der Waals surface area contributed by atoms with Crippen molar-refractivity contribution >= 4 is 0 Å². The van der Waals surface area contributed by atoms with Gasteiger partial charge in [0, 0.05) is 47.7 Å². The summed E-state index contributed by atoms with van der Waals surface area (Å²) >= 11 is 0. The summed E-state index contributed by atoms with van der Waals surface area (Å²) in [5.41, 5.74) is 10.2. The van der Waals surface area contributed by atoms with Gasteiger partial charge in [0.1, 0.15) is 0 Å². The Morgan fingerprint density at radius 1 is 0.535 bits per heavy atom. The number of benzene rings is 1. The molecule has 6 heteroatoms. The van der Waals surface area contributed by atoms with Crippen molar-refractivity contribution in [1.29, 1.82) is 0 Å². The molecule has 1 N–H and O–H groups in total. The minimum absolute atomic E-state index is 0.338. The van der Waals surface area contributed by atoms with E-state index in [1.807, 2.05) is 85.5 Å². The van der Waals surface area contributed by atoms with E-state index in [1.54, 1.807) is 12.4 Å². The third kappa shape index (κ3) is 5.46. The summed E-state index contributed by atoms with van der Waals surface area (Å²) in [6.07, 6.45) is 17.4. The number of nitrogens with zero attached hydrogens (tertiary/aromatic N) is 5. The van der Waals surface area contributed by atoms with E-state index in [0.717, 1.165) is 61.9 Å².